The first-order chi connectivity index (χ1) is 11.6. The molecule has 3 amide bonds. The molecule has 0 radical (unpaired) electrons. The van der Waals surface area contributed by atoms with Crippen molar-refractivity contribution in [3.8, 4) is 0 Å². The molecule has 1 aliphatic rings. The van der Waals surface area contributed by atoms with Gasteiger partial charge in [0.15, 0.2) is 3.79 Å². The highest BCUT2D eigenvalue weighted by molar-refractivity contribution is 6.67. The monoisotopic (exact) mass is 412 g/mol. The van der Waals surface area contributed by atoms with Crippen LogP contribution < -0.4 is 5.32 Å². The van der Waals surface area contributed by atoms with E-state index in [1.165, 1.54) is 13.2 Å². The van der Waals surface area contributed by atoms with E-state index in [1.54, 1.807) is 6.92 Å². The minimum absolute atomic E-state index is 0.139. The van der Waals surface area contributed by atoms with E-state index in [1.807, 2.05) is 6.92 Å². The summed E-state index contributed by atoms with van der Waals surface area (Å²) in [5, 5.41) is 2.67. The number of carbonyl (C=O) groups excluding carboxylic acids is 3. The standard InChI is InChI=1S/C16H23Cl3N2O4/c1-4-6-10(20-13(22)5-2)15(24)21-11(7-8-16(17,18)19)12(25-3)9-14(21)23/h9-11H,4-8H2,1-3H3,(H,20,22)/t10-,11-/m0/s1. The quantitative estimate of drug-likeness (QED) is 0.620. The van der Waals surface area contributed by atoms with Gasteiger partial charge in [0.25, 0.3) is 11.8 Å². The summed E-state index contributed by atoms with van der Waals surface area (Å²) in [6, 6.07) is -1.43. The number of carbonyl (C=O) groups is 3. The Bertz CT molecular complexity index is 546. The summed E-state index contributed by atoms with van der Waals surface area (Å²) in [7, 11) is 1.41. The maximum absolute atomic E-state index is 12.9. The van der Waals surface area contributed by atoms with Gasteiger partial charge in [-0.15, -0.1) is 0 Å². The number of rotatable bonds is 8. The van der Waals surface area contributed by atoms with Crippen LogP contribution in [0.4, 0.5) is 0 Å². The maximum atomic E-state index is 12.9. The summed E-state index contributed by atoms with van der Waals surface area (Å²) in [5.74, 6) is -0.893. The van der Waals surface area contributed by atoms with E-state index < -0.39 is 27.7 Å². The predicted molar refractivity (Wildman–Crippen MR) is 97.4 cm³/mol. The highest BCUT2D eigenvalue weighted by atomic mass is 35.6. The zero-order valence-electron chi connectivity index (χ0n) is 14.5. The molecule has 0 aliphatic carbocycles. The molecule has 0 aromatic rings. The molecule has 1 rings (SSSR count). The van der Waals surface area contributed by atoms with Gasteiger partial charge in [0.2, 0.25) is 5.91 Å². The van der Waals surface area contributed by atoms with Crippen LogP contribution in [0.2, 0.25) is 0 Å². The van der Waals surface area contributed by atoms with Gasteiger partial charge in [-0.05, 0) is 19.3 Å². The molecule has 0 saturated carbocycles. The fourth-order valence-electron chi connectivity index (χ4n) is 2.61. The van der Waals surface area contributed by atoms with Crippen molar-refractivity contribution in [3.05, 3.63) is 11.8 Å². The molecule has 2 atom stereocenters. The lowest BCUT2D eigenvalue weighted by Gasteiger charge is -2.29. The van der Waals surface area contributed by atoms with Crippen LogP contribution in [-0.4, -0.2) is 45.6 Å². The van der Waals surface area contributed by atoms with Crippen LogP contribution in [0.3, 0.4) is 0 Å². The number of amides is 3. The smallest absolute Gasteiger partial charge is 0.257 e. The largest absolute Gasteiger partial charge is 0.499 e. The fraction of sp³-hybridized carbons (Fsp3) is 0.688. The molecule has 0 aromatic heterocycles. The lowest BCUT2D eigenvalue weighted by molar-refractivity contribution is -0.146. The van der Waals surface area contributed by atoms with E-state index in [4.69, 9.17) is 39.5 Å². The summed E-state index contributed by atoms with van der Waals surface area (Å²) < 4.78 is 3.71. The molecular weight excluding hydrogens is 391 g/mol. The van der Waals surface area contributed by atoms with Gasteiger partial charge in [-0.1, -0.05) is 55.1 Å². The average molecular weight is 414 g/mol. The molecule has 0 saturated heterocycles. The lowest BCUT2D eigenvalue weighted by atomic mass is 10.1. The van der Waals surface area contributed by atoms with Gasteiger partial charge in [0, 0.05) is 12.5 Å². The highest BCUT2D eigenvalue weighted by Gasteiger charge is 2.41. The van der Waals surface area contributed by atoms with Crippen molar-refractivity contribution in [1.82, 2.24) is 10.2 Å². The fourth-order valence-corrected chi connectivity index (χ4v) is 2.93. The second kappa shape index (κ2) is 9.64. The number of nitrogens with one attached hydrogen (secondary N) is 1. The van der Waals surface area contributed by atoms with Crippen molar-refractivity contribution in [1.29, 1.82) is 0 Å². The Kier molecular flexibility index (Phi) is 8.51. The number of hydrogen-bond acceptors (Lipinski definition) is 4. The average Bonchev–Trinajstić information content (AvgIpc) is 2.86. The Hall–Kier alpha value is -0.980. The zero-order valence-corrected chi connectivity index (χ0v) is 16.7. The van der Waals surface area contributed by atoms with Gasteiger partial charge in [-0.2, -0.15) is 0 Å². The summed E-state index contributed by atoms with van der Waals surface area (Å²) in [6.07, 6.45) is 2.99. The number of hydrogen-bond donors (Lipinski definition) is 1. The first kappa shape index (κ1) is 22.1. The first-order valence-corrected chi connectivity index (χ1v) is 9.26. The Morgan fingerprint density at radius 3 is 2.48 bits per heavy atom. The Morgan fingerprint density at radius 1 is 1.36 bits per heavy atom. The maximum Gasteiger partial charge on any atom is 0.257 e. The predicted octanol–water partition coefficient (Wildman–Crippen LogP) is 3.10. The van der Waals surface area contributed by atoms with Crippen LogP contribution in [-0.2, 0) is 19.1 Å². The Morgan fingerprint density at radius 2 is 2.00 bits per heavy atom. The second-order valence-electron chi connectivity index (χ2n) is 5.73. The minimum atomic E-state index is -1.50. The van der Waals surface area contributed by atoms with Crippen molar-refractivity contribution >= 4 is 52.5 Å². The molecule has 0 spiro atoms. The molecule has 1 aliphatic heterocycles. The molecule has 0 aromatic carbocycles. The highest BCUT2D eigenvalue weighted by Crippen LogP contribution is 2.35. The van der Waals surface area contributed by atoms with Gasteiger partial charge < -0.3 is 10.1 Å². The number of alkyl halides is 3. The third kappa shape index (κ3) is 6.35. The molecule has 0 fully saturated rings. The third-order valence-corrected chi connectivity index (χ3v) is 4.42. The molecule has 6 nitrogen and oxygen atoms in total. The van der Waals surface area contributed by atoms with Crippen LogP contribution in [0.15, 0.2) is 11.8 Å². The van der Waals surface area contributed by atoms with Gasteiger partial charge >= 0.3 is 0 Å². The Balaban J connectivity index is 3.00. The van der Waals surface area contributed by atoms with Crippen LogP contribution >= 0.6 is 34.8 Å². The number of ether oxygens (including phenoxy) is 1. The van der Waals surface area contributed by atoms with Crippen LogP contribution in [0.5, 0.6) is 0 Å². The van der Waals surface area contributed by atoms with E-state index in [0.717, 1.165) is 4.90 Å². The normalized spacial score (nSPS) is 18.8. The number of imide groups is 1. The zero-order chi connectivity index (χ0) is 19.2. The lowest BCUT2D eigenvalue weighted by Crippen LogP contribution is -2.52. The molecule has 0 unspecified atom stereocenters. The van der Waals surface area contributed by atoms with Crippen molar-refractivity contribution in [2.75, 3.05) is 7.11 Å². The second-order valence-corrected chi connectivity index (χ2v) is 8.25. The van der Waals surface area contributed by atoms with Crippen LogP contribution in [0, 0.1) is 0 Å². The van der Waals surface area contributed by atoms with Crippen molar-refractivity contribution in [2.45, 2.75) is 61.8 Å². The van der Waals surface area contributed by atoms with E-state index >= 15 is 0 Å². The minimum Gasteiger partial charge on any atom is -0.499 e. The van der Waals surface area contributed by atoms with E-state index in [2.05, 4.69) is 5.32 Å². The topological polar surface area (TPSA) is 75.7 Å². The third-order valence-electron chi connectivity index (χ3n) is 3.85. The number of methoxy groups -OCH3 is 1. The molecular formula is C16H23Cl3N2O4. The van der Waals surface area contributed by atoms with E-state index in [9.17, 15) is 14.4 Å². The summed E-state index contributed by atoms with van der Waals surface area (Å²) in [4.78, 5) is 38.0. The van der Waals surface area contributed by atoms with Crippen LogP contribution in [0.1, 0.15) is 46.0 Å². The summed E-state index contributed by atoms with van der Waals surface area (Å²) >= 11 is 17.4. The van der Waals surface area contributed by atoms with Crippen molar-refractivity contribution in [2.24, 2.45) is 0 Å². The molecule has 25 heavy (non-hydrogen) atoms. The summed E-state index contributed by atoms with van der Waals surface area (Å²) in [6.45, 7) is 3.58. The van der Waals surface area contributed by atoms with Crippen LogP contribution in [0.25, 0.3) is 0 Å². The molecule has 142 valence electrons. The van der Waals surface area contributed by atoms with E-state index in [-0.39, 0.29) is 25.2 Å². The molecule has 1 N–H and O–H groups in total. The number of halogens is 3. The van der Waals surface area contributed by atoms with Gasteiger partial charge in [0.05, 0.1) is 13.2 Å². The van der Waals surface area contributed by atoms with Crippen molar-refractivity contribution in [3.63, 3.8) is 0 Å². The van der Waals surface area contributed by atoms with Gasteiger partial charge in [0.1, 0.15) is 11.8 Å². The van der Waals surface area contributed by atoms with Gasteiger partial charge in [-0.3, -0.25) is 19.3 Å². The molecule has 0 bridgehead atoms. The Labute approximate surface area is 162 Å². The SMILES string of the molecule is CCC[C@H](NC(=O)CC)C(=O)N1C(=O)C=C(OC)[C@@H]1CCC(Cl)(Cl)Cl. The molecule has 1 heterocycles. The van der Waals surface area contributed by atoms with Gasteiger partial charge in [-0.25, -0.2) is 0 Å². The first-order valence-electron chi connectivity index (χ1n) is 8.13. The molecule has 9 heteroatoms. The number of nitrogens with zero attached hydrogens (tertiary/aromatic N) is 1. The van der Waals surface area contributed by atoms with E-state index in [0.29, 0.717) is 18.6 Å². The summed E-state index contributed by atoms with van der Waals surface area (Å²) in [5.41, 5.74) is 0. The van der Waals surface area contributed by atoms with Crippen molar-refractivity contribution < 1.29 is 19.1 Å².